The third kappa shape index (κ3) is 3.37. The van der Waals surface area contributed by atoms with Crippen LogP contribution in [0.4, 0.5) is 5.69 Å². The summed E-state index contributed by atoms with van der Waals surface area (Å²) in [6.07, 6.45) is 1.50. The second-order valence-corrected chi connectivity index (χ2v) is 5.85. The first kappa shape index (κ1) is 15.0. The summed E-state index contributed by atoms with van der Waals surface area (Å²) in [5.74, 6) is -0.151. The molecule has 0 fully saturated rings. The van der Waals surface area contributed by atoms with Crippen LogP contribution in [0.5, 0.6) is 0 Å². The van der Waals surface area contributed by atoms with Gasteiger partial charge in [0.05, 0.1) is 12.6 Å². The van der Waals surface area contributed by atoms with Crippen molar-refractivity contribution in [3.05, 3.63) is 28.2 Å². The van der Waals surface area contributed by atoms with Gasteiger partial charge in [-0.3, -0.25) is 14.5 Å². The van der Waals surface area contributed by atoms with Gasteiger partial charge in [0.2, 0.25) is 11.8 Å². The van der Waals surface area contributed by atoms with Crippen molar-refractivity contribution in [3.63, 3.8) is 0 Å². The number of likely N-dealkylation sites (N-methyl/N-ethyl adjacent to an activating group) is 2. The highest BCUT2D eigenvalue weighted by Crippen LogP contribution is 2.26. The summed E-state index contributed by atoms with van der Waals surface area (Å²) >= 11 is 3.44. The van der Waals surface area contributed by atoms with Gasteiger partial charge in [0, 0.05) is 17.2 Å². The van der Waals surface area contributed by atoms with Crippen molar-refractivity contribution >= 4 is 33.4 Å². The standard InChI is InChI=1S/C14H18BrN3O2/c1-16-13(19)8-18(2)12-6-3-9-7-10(15)4-5-11(9)17-14(12)20/h4-5,7,12H,3,6,8H2,1-2H3,(H,16,19)(H,17,20). The number of hydrogen-bond acceptors (Lipinski definition) is 3. The van der Waals surface area contributed by atoms with E-state index in [2.05, 4.69) is 26.6 Å². The predicted octanol–water partition coefficient (Wildman–Crippen LogP) is 1.38. The van der Waals surface area contributed by atoms with Crippen LogP contribution in [0.2, 0.25) is 0 Å². The lowest BCUT2D eigenvalue weighted by Crippen LogP contribution is -2.45. The molecule has 0 saturated heterocycles. The van der Waals surface area contributed by atoms with Gasteiger partial charge in [0.25, 0.3) is 0 Å². The number of halogens is 1. The van der Waals surface area contributed by atoms with E-state index in [1.807, 2.05) is 18.2 Å². The van der Waals surface area contributed by atoms with Crippen molar-refractivity contribution in [1.29, 1.82) is 0 Å². The number of rotatable bonds is 3. The first-order chi connectivity index (χ1) is 9.51. The average molecular weight is 340 g/mol. The number of amides is 2. The minimum atomic E-state index is -0.293. The predicted molar refractivity (Wildman–Crippen MR) is 81.6 cm³/mol. The Balaban J connectivity index is 2.13. The van der Waals surface area contributed by atoms with Crippen LogP contribution >= 0.6 is 15.9 Å². The molecule has 6 heteroatoms. The zero-order chi connectivity index (χ0) is 14.7. The molecule has 20 heavy (non-hydrogen) atoms. The Bertz CT molecular complexity index is 533. The molecule has 1 aliphatic rings. The van der Waals surface area contributed by atoms with Gasteiger partial charge in [0.15, 0.2) is 0 Å². The third-order valence-electron chi connectivity index (χ3n) is 3.52. The molecule has 1 aromatic carbocycles. The Morgan fingerprint density at radius 1 is 1.55 bits per heavy atom. The number of nitrogens with zero attached hydrogens (tertiary/aromatic N) is 1. The van der Waals surface area contributed by atoms with Gasteiger partial charge in [-0.05, 0) is 43.7 Å². The Hall–Kier alpha value is -1.40. The minimum Gasteiger partial charge on any atom is -0.358 e. The SMILES string of the molecule is CNC(=O)CN(C)C1CCc2cc(Br)ccc2NC1=O. The second kappa shape index (κ2) is 6.37. The van der Waals surface area contributed by atoms with E-state index >= 15 is 0 Å². The summed E-state index contributed by atoms with van der Waals surface area (Å²) in [4.78, 5) is 25.5. The monoisotopic (exact) mass is 339 g/mol. The minimum absolute atomic E-state index is 0.0579. The van der Waals surface area contributed by atoms with Crippen LogP contribution in [0.15, 0.2) is 22.7 Å². The van der Waals surface area contributed by atoms with E-state index in [0.29, 0.717) is 6.42 Å². The quantitative estimate of drug-likeness (QED) is 0.874. The maximum absolute atomic E-state index is 12.3. The molecular formula is C14H18BrN3O2. The fourth-order valence-corrected chi connectivity index (χ4v) is 2.78. The Kier molecular flexibility index (Phi) is 4.77. The summed E-state index contributed by atoms with van der Waals surface area (Å²) in [5, 5.41) is 5.51. The fourth-order valence-electron chi connectivity index (χ4n) is 2.37. The molecule has 0 bridgehead atoms. The van der Waals surface area contributed by atoms with Crippen molar-refractivity contribution < 1.29 is 9.59 Å². The molecule has 2 N–H and O–H groups in total. The molecule has 2 amide bonds. The topological polar surface area (TPSA) is 61.4 Å². The van der Waals surface area contributed by atoms with Crippen LogP contribution in [0.25, 0.3) is 0 Å². The average Bonchev–Trinajstić information content (AvgIpc) is 2.56. The molecular weight excluding hydrogens is 322 g/mol. The Morgan fingerprint density at radius 2 is 2.30 bits per heavy atom. The van der Waals surface area contributed by atoms with E-state index in [1.165, 1.54) is 0 Å². The number of fused-ring (bicyclic) bond motifs is 1. The molecule has 108 valence electrons. The van der Waals surface area contributed by atoms with Gasteiger partial charge >= 0.3 is 0 Å². The molecule has 1 atom stereocenters. The van der Waals surface area contributed by atoms with Crippen LogP contribution in [0.3, 0.4) is 0 Å². The molecule has 0 saturated carbocycles. The Morgan fingerprint density at radius 3 is 3.00 bits per heavy atom. The molecule has 2 rings (SSSR count). The van der Waals surface area contributed by atoms with Gasteiger partial charge in [0.1, 0.15) is 0 Å². The van der Waals surface area contributed by atoms with Crippen molar-refractivity contribution in [2.75, 3.05) is 26.0 Å². The summed E-state index contributed by atoms with van der Waals surface area (Å²) < 4.78 is 1.00. The number of hydrogen-bond donors (Lipinski definition) is 2. The van der Waals surface area contributed by atoms with Crippen LogP contribution in [0, 0.1) is 0 Å². The number of anilines is 1. The largest absolute Gasteiger partial charge is 0.358 e. The zero-order valence-corrected chi connectivity index (χ0v) is 13.2. The van der Waals surface area contributed by atoms with Crippen molar-refractivity contribution in [2.24, 2.45) is 0 Å². The lowest BCUT2D eigenvalue weighted by Gasteiger charge is -2.24. The number of carbonyl (C=O) groups excluding carboxylic acids is 2. The molecule has 5 nitrogen and oxygen atoms in total. The van der Waals surface area contributed by atoms with Gasteiger partial charge < -0.3 is 10.6 Å². The normalized spacial score (nSPS) is 18.2. The van der Waals surface area contributed by atoms with Gasteiger partial charge in [-0.25, -0.2) is 0 Å². The summed E-state index contributed by atoms with van der Waals surface area (Å²) in [6, 6.07) is 5.54. The smallest absolute Gasteiger partial charge is 0.241 e. The van der Waals surface area contributed by atoms with Crippen LogP contribution in [-0.4, -0.2) is 43.4 Å². The number of carbonyl (C=O) groups is 2. The summed E-state index contributed by atoms with van der Waals surface area (Å²) in [7, 11) is 3.39. The molecule has 0 radical (unpaired) electrons. The molecule has 0 aliphatic carbocycles. The van der Waals surface area contributed by atoms with E-state index in [9.17, 15) is 9.59 Å². The molecule has 1 heterocycles. The molecule has 1 aliphatic heterocycles. The van der Waals surface area contributed by atoms with Crippen molar-refractivity contribution in [1.82, 2.24) is 10.2 Å². The van der Waals surface area contributed by atoms with E-state index in [0.717, 1.165) is 22.1 Å². The summed E-state index contributed by atoms with van der Waals surface area (Å²) in [6.45, 7) is 0.217. The lowest BCUT2D eigenvalue weighted by molar-refractivity contribution is -0.125. The second-order valence-electron chi connectivity index (χ2n) is 4.93. The first-order valence-corrected chi connectivity index (χ1v) is 7.30. The zero-order valence-electron chi connectivity index (χ0n) is 11.6. The molecule has 0 spiro atoms. The highest BCUT2D eigenvalue weighted by Gasteiger charge is 2.27. The van der Waals surface area contributed by atoms with E-state index < -0.39 is 0 Å². The van der Waals surface area contributed by atoms with E-state index in [4.69, 9.17) is 0 Å². The highest BCUT2D eigenvalue weighted by molar-refractivity contribution is 9.10. The first-order valence-electron chi connectivity index (χ1n) is 6.51. The fraction of sp³-hybridized carbons (Fsp3) is 0.429. The van der Waals surface area contributed by atoms with Crippen LogP contribution in [-0.2, 0) is 16.0 Å². The van der Waals surface area contributed by atoms with Gasteiger partial charge in [-0.2, -0.15) is 0 Å². The number of benzene rings is 1. The molecule has 1 unspecified atom stereocenters. The van der Waals surface area contributed by atoms with E-state index in [1.54, 1.807) is 19.0 Å². The maximum Gasteiger partial charge on any atom is 0.241 e. The highest BCUT2D eigenvalue weighted by atomic mass is 79.9. The number of nitrogens with one attached hydrogen (secondary N) is 2. The third-order valence-corrected chi connectivity index (χ3v) is 4.01. The maximum atomic E-state index is 12.3. The van der Waals surface area contributed by atoms with Gasteiger partial charge in [-0.1, -0.05) is 15.9 Å². The van der Waals surface area contributed by atoms with Crippen LogP contribution in [0.1, 0.15) is 12.0 Å². The molecule has 1 aromatic rings. The van der Waals surface area contributed by atoms with Gasteiger partial charge in [-0.15, -0.1) is 0 Å². The van der Waals surface area contributed by atoms with Crippen LogP contribution < -0.4 is 10.6 Å². The van der Waals surface area contributed by atoms with Crippen molar-refractivity contribution in [2.45, 2.75) is 18.9 Å². The van der Waals surface area contributed by atoms with Crippen molar-refractivity contribution in [3.8, 4) is 0 Å². The number of aryl methyl sites for hydroxylation is 1. The lowest BCUT2D eigenvalue weighted by atomic mass is 10.1. The molecule has 0 aromatic heterocycles. The van der Waals surface area contributed by atoms with E-state index in [-0.39, 0.29) is 24.4 Å². The summed E-state index contributed by atoms with van der Waals surface area (Å²) in [5.41, 5.74) is 1.97. The Labute approximate surface area is 126 Å².